The summed E-state index contributed by atoms with van der Waals surface area (Å²) in [4.78, 5) is 29.7. The first-order valence-corrected chi connectivity index (χ1v) is 9.72. The summed E-state index contributed by atoms with van der Waals surface area (Å²) in [7, 11) is 1.36. The Labute approximate surface area is 167 Å². The predicted molar refractivity (Wildman–Crippen MR) is 111 cm³/mol. The topological polar surface area (TPSA) is 59.5 Å². The lowest BCUT2D eigenvalue weighted by Gasteiger charge is -2.26. The molecule has 0 aromatic carbocycles. The number of nitrogens with zero attached hydrogens (tertiary/aromatic N) is 2. The number of pyridine rings is 1. The number of likely N-dealkylation sites (tertiary alicyclic amines) is 1. The lowest BCUT2D eigenvalue weighted by Crippen LogP contribution is -2.35. The minimum Gasteiger partial charge on any atom is -0.465 e. The summed E-state index contributed by atoms with van der Waals surface area (Å²) in [6.45, 7) is 10.8. The van der Waals surface area contributed by atoms with E-state index in [0.717, 1.165) is 48.1 Å². The van der Waals surface area contributed by atoms with E-state index in [0.29, 0.717) is 12.0 Å². The second-order valence-electron chi connectivity index (χ2n) is 7.21. The maximum atomic E-state index is 12.0. The molecule has 0 bridgehead atoms. The summed E-state index contributed by atoms with van der Waals surface area (Å²) in [5.74, 6) is -0.272. The van der Waals surface area contributed by atoms with Crippen molar-refractivity contribution in [2.45, 2.75) is 52.5 Å². The van der Waals surface area contributed by atoms with Crippen molar-refractivity contribution in [2.75, 3.05) is 13.7 Å². The lowest BCUT2D eigenvalue weighted by atomic mass is 9.94. The Hall–Kier alpha value is -2.69. The summed E-state index contributed by atoms with van der Waals surface area (Å²) in [6, 6.07) is 1.92. The minimum absolute atomic E-state index is 0.110. The van der Waals surface area contributed by atoms with Crippen LogP contribution in [0.5, 0.6) is 0 Å². The van der Waals surface area contributed by atoms with E-state index in [1.165, 1.54) is 13.3 Å². The molecule has 1 aliphatic heterocycles. The van der Waals surface area contributed by atoms with Crippen LogP contribution in [0.1, 0.15) is 56.0 Å². The highest BCUT2D eigenvalue weighted by Gasteiger charge is 2.29. The lowest BCUT2D eigenvalue weighted by molar-refractivity contribution is -0.129. The van der Waals surface area contributed by atoms with Crippen molar-refractivity contribution < 1.29 is 14.3 Å². The average molecular weight is 383 g/mol. The highest BCUT2D eigenvalue weighted by molar-refractivity contribution is 5.89. The van der Waals surface area contributed by atoms with Crippen molar-refractivity contribution in [2.24, 2.45) is 0 Å². The van der Waals surface area contributed by atoms with Gasteiger partial charge in [-0.3, -0.25) is 9.78 Å². The van der Waals surface area contributed by atoms with E-state index < -0.39 is 0 Å². The zero-order valence-corrected chi connectivity index (χ0v) is 17.3. The monoisotopic (exact) mass is 382 g/mol. The first-order valence-electron chi connectivity index (χ1n) is 9.72. The molecule has 0 N–H and O–H groups in total. The molecule has 0 aliphatic carbocycles. The Morgan fingerprint density at radius 2 is 2.07 bits per heavy atom. The van der Waals surface area contributed by atoms with Gasteiger partial charge in [-0.05, 0) is 49.8 Å². The highest BCUT2D eigenvalue weighted by atomic mass is 16.5. The number of methoxy groups -OCH3 is 1. The van der Waals surface area contributed by atoms with Crippen LogP contribution in [-0.4, -0.2) is 41.5 Å². The second-order valence-corrected chi connectivity index (χ2v) is 7.21. The molecule has 2 rings (SSSR count). The minimum atomic E-state index is -0.386. The van der Waals surface area contributed by atoms with Crippen LogP contribution < -0.4 is 0 Å². The van der Waals surface area contributed by atoms with Crippen molar-refractivity contribution in [3.8, 4) is 0 Å². The summed E-state index contributed by atoms with van der Waals surface area (Å²) < 4.78 is 4.76. The Morgan fingerprint density at radius 1 is 1.32 bits per heavy atom. The molecular formula is C23H30N2O3. The molecule has 0 spiro atoms. The van der Waals surface area contributed by atoms with Crippen molar-refractivity contribution in [3.05, 3.63) is 65.0 Å². The first-order chi connectivity index (χ1) is 13.4. The summed E-state index contributed by atoms with van der Waals surface area (Å²) in [5.41, 5.74) is 4.74. The normalized spacial score (nSPS) is 17.6. The van der Waals surface area contributed by atoms with Crippen LogP contribution in [-0.2, 0) is 16.0 Å². The molecule has 0 radical (unpaired) electrons. The number of carbonyl (C=O) groups excluding carboxylic acids is 2. The van der Waals surface area contributed by atoms with Gasteiger partial charge in [0.15, 0.2) is 0 Å². The van der Waals surface area contributed by atoms with Crippen molar-refractivity contribution in [1.29, 1.82) is 0 Å². The first kappa shape index (κ1) is 21.6. The fourth-order valence-electron chi connectivity index (χ4n) is 3.56. The van der Waals surface area contributed by atoms with Crippen molar-refractivity contribution in [3.63, 3.8) is 0 Å². The second kappa shape index (κ2) is 10.0. The molecule has 1 unspecified atom stereocenters. The molecule has 0 saturated carbocycles. The van der Waals surface area contributed by atoms with Gasteiger partial charge in [0.05, 0.1) is 18.7 Å². The van der Waals surface area contributed by atoms with E-state index in [9.17, 15) is 9.59 Å². The van der Waals surface area contributed by atoms with E-state index >= 15 is 0 Å². The third kappa shape index (κ3) is 5.41. The summed E-state index contributed by atoms with van der Waals surface area (Å²) >= 11 is 0. The van der Waals surface area contributed by atoms with Crippen molar-refractivity contribution in [1.82, 2.24) is 9.88 Å². The smallest absolute Gasteiger partial charge is 0.339 e. The number of hydrogen-bond donors (Lipinski definition) is 0. The third-order valence-corrected chi connectivity index (χ3v) is 5.10. The van der Waals surface area contributed by atoms with Crippen LogP contribution in [0.15, 0.2) is 53.9 Å². The molecule has 1 fully saturated rings. The predicted octanol–water partition coefficient (Wildman–Crippen LogP) is 4.26. The number of allylic oxidation sites excluding steroid dienone is 3. The number of rotatable bonds is 7. The maximum absolute atomic E-state index is 12.0. The van der Waals surface area contributed by atoms with Gasteiger partial charge >= 0.3 is 5.97 Å². The Kier molecular flexibility index (Phi) is 7.73. The van der Waals surface area contributed by atoms with Gasteiger partial charge in [0.2, 0.25) is 5.91 Å². The molecule has 5 heteroatoms. The molecule has 28 heavy (non-hydrogen) atoms. The van der Waals surface area contributed by atoms with E-state index in [2.05, 4.69) is 30.6 Å². The number of ether oxygens (including phenoxy) is 1. The SMILES string of the molecule is C=C(CC)C(=CC=C(C)Cc1cncc(C(=O)OC)c1)C1CCCN1C(C)=O. The Balaban J connectivity index is 2.22. The zero-order chi connectivity index (χ0) is 20.7. The van der Waals surface area contributed by atoms with Gasteiger partial charge in [-0.2, -0.15) is 0 Å². The Morgan fingerprint density at radius 3 is 2.71 bits per heavy atom. The van der Waals surface area contributed by atoms with Crippen molar-refractivity contribution >= 4 is 11.9 Å². The summed E-state index contributed by atoms with van der Waals surface area (Å²) in [5, 5.41) is 0. The molecule has 1 aromatic rings. The molecule has 1 aromatic heterocycles. The summed E-state index contributed by atoms with van der Waals surface area (Å²) in [6.07, 6.45) is 11.0. The van der Waals surface area contributed by atoms with Gasteiger partial charge in [0.25, 0.3) is 0 Å². The third-order valence-electron chi connectivity index (χ3n) is 5.10. The van der Waals surface area contributed by atoms with Gasteiger partial charge < -0.3 is 9.64 Å². The fraction of sp³-hybridized carbons (Fsp3) is 0.435. The van der Waals surface area contributed by atoms with Crippen LogP contribution in [0, 0.1) is 0 Å². The quantitative estimate of drug-likeness (QED) is 0.522. The molecule has 1 atom stereocenters. The molecule has 5 nitrogen and oxygen atoms in total. The van der Waals surface area contributed by atoms with Crippen LogP contribution in [0.2, 0.25) is 0 Å². The van der Waals surface area contributed by atoms with Gasteiger partial charge in [-0.1, -0.05) is 36.8 Å². The van der Waals surface area contributed by atoms with Gasteiger partial charge in [-0.25, -0.2) is 4.79 Å². The number of aromatic nitrogens is 1. The van der Waals surface area contributed by atoms with E-state index in [1.807, 2.05) is 11.8 Å². The fourth-order valence-corrected chi connectivity index (χ4v) is 3.56. The van der Waals surface area contributed by atoms with Crippen LogP contribution >= 0.6 is 0 Å². The molecule has 150 valence electrons. The number of hydrogen-bond acceptors (Lipinski definition) is 4. The van der Waals surface area contributed by atoms with Gasteiger partial charge in [0, 0.05) is 25.9 Å². The largest absolute Gasteiger partial charge is 0.465 e. The van der Waals surface area contributed by atoms with Gasteiger partial charge in [-0.15, -0.1) is 0 Å². The Bertz CT molecular complexity index is 808. The maximum Gasteiger partial charge on any atom is 0.339 e. The number of esters is 1. The molecule has 1 amide bonds. The van der Waals surface area contributed by atoms with Crippen LogP contribution in [0.3, 0.4) is 0 Å². The number of amides is 1. The standard InChI is InChI=1S/C23H30N2O3/c1-6-17(3)21(22-8-7-11-25(22)18(4)26)10-9-16(2)12-19-13-20(15-24-14-19)23(27)28-5/h9-10,13-15,22H,3,6-8,11-12H2,1-2,4-5H3. The van der Waals surface area contributed by atoms with Crippen LogP contribution in [0.25, 0.3) is 0 Å². The zero-order valence-electron chi connectivity index (χ0n) is 17.3. The van der Waals surface area contributed by atoms with E-state index in [1.54, 1.807) is 19.2 Å². The molecule has 2 heterocycles. The van der Waals surface area contributed by atoms with E-state index in [-0.39, 0.29) is 17.9 Å². The van der Waals surface area contributed by atoms with E-state index in [4.69, 9.17) is 4.74 Å². The molecular weight excluding hydrogens is 352 g/mol. The molecule has 1 aliphatic rings. The molecule has 1 saturated heterocycles. The van der Waals surface area contributed by atoms with Crippen LogP contribution in [0.4, 0.5) is 0 Å². The van der Waals surface area contributed by atoms with Gasteiger partial charge in [0.1, 0.15) is 0 Å². The number of carbonyl (C=O) groups is 2. The highest BCUT2D eigenvalue weighted by Crippen LogP contribution is 2.29. The average Bonchev–Trinajstić information content (AvgIpc) is 3.17.